The van der Waals surface area contributed by atoms with Gasteiger partial charge in [-0.15, -0.1) is 0 Å². The first-order chi connectivity index (χ1) is 15.6. The van der Waals surface area contributed by atoms with Gasteiger partial charge in [-0.3, -0.25) is 9.78 Å². The minimum absolute atomic E-state index is 0.273. The summed E-state index contributed by atoms with van der Waals surface area (Å²) < 4.78 is 1.04. The number of nitrogens with zero attached hydrogens (tertiary/aromatic N) is 2. The number of hydrogen-bond donors (Lipinski definition) is 1. The number of carbonyl (C=O) groups is 1. The lowest BCUT2D eigenvalue weighted by Crippen LogP contribution is -2.41. The molecular formula is C26H31BrClN3O. The molecule has 170 valence electrons. The Bertz CT molecular complexity index is 930. The average Bonchev–Trinajstić information content (AvgIpc) is 2.96. The molecule has 2 aromatic rings. The zero-order valence-corrected chi connectivity index (χ0v) is 20.8. The summed E-state index contributed by atoms with van der Waals surface area (Å²) in [6.45, 7) is 3.82. The smallest absolute Gasteiger partial charge is 0.222 e. The number of likely N-dealkylation sites (tertiary alicyclic amines) is 1. The Kier molecular flexibility index (Phi) is 6.87. The number of aryl methyl sites for hydroxylation is 2. The topological polar surface area (TPSA) is 45.2 Å². The van der Waals surface area contributed by atoms with Gasteiger partial charge in [-0.05, 0) is 114 Å². The number of nitrogens with one attached hydrogen (secondary N) is 1. The summed E-state index contributed by atoms with van der Waals surface area (Å²) >= 11 is 9.97. The number of fused-ring (bicyclic) bond motifs is 2. The predicted molar refractivity (Wildman–Crippen MR) is 132 cm³/mol. The second kappa shape index (κ2) is 9.82. The van der Waals surface area contributed by atoms with Crippen molar-refractivity contribution in [3.8, 4) is 0 Å². The molecule has 1 amide bonds. The second-order valence-corrected chi connectivity index (χ2v) is 11.0. The molecule has 4 nitrogen and oxygen atoms in total. The lowest BCUT2D eigenvalue weighted by atomic mass is 9.76. The molecule has 32 heavy (non-hydrogen) atoms. The molecular weight excluding hydrogens is 486 g/mol. The van der Waals surface area contributed by atoms with E-state index in [1.807, 2.05) is 12.3 Å². The second-order valence-electron chi connectivity index (χ2n) is 9.63. The summed E-state index contributed by atoms with van der Waals surface area (Å²) in [6.07, 6.45) is 8.94. The number of rotatable bonds is 3. The van der Waals surface area contributed by atoms with Gasteiger partial charge in [-0.1, -0.05) is 17.7 Å². The van der Waals surface area contributed by atoms with Gasteiger partial charge in [-0.2, -0.15) is 0 Å². The van der Waals surface area contributed by atoms with Gasteiger partial charge in [0, 0.05) is 41.1 Å². The zero-order chi connectivity index (χ0) is 22.1. The highest BCUT2D eigenvalue weighted by Crippen LogP contribution is 2.43. The van der Waals surface area contributed by atoms with Gasteiger partial charge >= 0.3 is 0 Å². The van der Waals surface area contributed by atoms with E-state index in [-0.39, 0.29) is 5.92 Å². The van der Waals surface area contributed by atoms with Crippen molar-refractivity contribution in [2.24, 2.45) is 11.8 Å². The van der Waals surface area contributed by atoms with Crippen LogP contribution in [0.15, 0.2) is 34.9 Å². The first-order valence-corrected chi connectivity index (χ1v) is 13.2. The van der Waals surface area contributed by atoms with Crippen molar-refractivity contribution in [3.05, 3.63) is 62.3 Å². The summed E-state index contributed by atoms with van der Waals surface area (Å²) in [5.41, 5.74) is 5.28. The molecule has 2 saturated heterocycles. The van der Waals surface area contributed by atoms with E-state index in [1.54, 1.807) is 0 Å². The van der Waals surface area contributed by atoms with Gasteiger partial charge in [0.15, 0.2) is 0 Å². The van der Waals surface area contributed by atoms with E-state index in [1.165, 1.54) is 22.4 Å². The van der Waals surface area contributed by atoms with Gasteiger partial charge in [0.05, 0.1) is 5.69 Å². The van der Waals surface area contributed by atoms with Crippen LogP contribution in [0.1, 0.15) is 60.4 Å². The third kappa shape index (κ3) is 4.76. The Balaban J connectivity index is 1.35. The summed E-state index contributed by atoms with van der Waals surface area (Å²) in [6, 6.07) is 8.62. The number of amides is 1. The molecule has 1 unspecified atom stereocenters. The van der Waals surface area contributed by atoms with E-state index < -0.39 is 0 Å². The van der Waals surface area contributed by atoms with Crippen LogP contribution in [0.2, 0.25) is 5.02 Å². The molecule has 1 atom stereocenters. The monoisotopic (exact) mass is 515 g/mol. The van der Waals surface area contributed by atoms with Crippen LogP contribution < -0.4 is 5.32 Å². The van der Waals surface area contributed by atoms with Crippen molar-refractivity contribution >= 4 is 33.4 Å². The number of aromatic nitrogens is 1. The minimum Gasteiger partial charge on any atom is -0.343 e. The quantitative estimate of drug-likeness (QED) is 0.598. The maximum absolute atomic E-state index is 12.9. The fourth-order valence-electron chi connectivity index (χ4n) is 5.90. The minimum atomic E-state index is 0.273. The van der Waals surface area contributed by atoms with E-state index >= 15 is 0 Å². The fourth-order valence-corrected chi connectivity index (χ4v) is 6.48. The van der Waals surface area contributed by atoms with Crippen LogP contribution in [0, 0.1) is 11.8 Å². The van der Waals surface area contributed by atoms with Crippen LogP contribution in [-0.4, -0.2) is 42.0 Å². The first kappa shape index (κ1) is 22.4. The van der Waals surface area contributed by atoms with Crippen molar-refractivity contribution in [2.75, 3.05) is 26.2 Å². The van der Waals surface area contributed by atoms with Crippen molar-refractivity contribution in [1.82, 2.24) is 15.2 Å². The zero-order valence-electron chi connectivity index (χ0n) is 18.5. The van der Waals surface area contributed by atoms with Crippen LogP contribution in [0.4, 0.5) is 0 Å². The Labute approximate surface area is 204 Å². The molecule has 1 N–H and O–H groups in total. The molecule has 0 spiro atoms. The Hall–Kier alpha value is -1.43. The van der Waals surface area contributed by atoms with Gasteiger partial charge in [0.1, 0.15) is 0 Å². The summed E-state index contributed by atoms with van der Waals surface area (Å²) in [7, 11) is 0. The van der Waals surface area contributed by atoms with Gasteiger partial charge < -0.3 is 10.2 Å². The summed E-state index contributed by atoms with van der Waals surface area (Å²) in [5.74, 6) is 1.67. The third-order valence-electron chi connectivity index (χ3n) is 7.65. The number of pyridine rings is 1. The van der Waals surface area contributed by atoms with Crippen molar-refractivity contribution in [1.29, 1.82) is 0 Å². The molecule has 3 heterocycles. The maximum atomic E-state index is 12.9. The number of benzene rings is 1. The van der Waals surface area contributed by atoms with Crippen LogP contribution in [0.3, 0.4) is 0 Å². The fraction of sp³-hybridized carbons (Fsp3) is 0.538. The molecule has 2 fully saturated rings. The van der Waals surface area contributed by atoms with Crippen LogP contribution in [0.25, 0.3) is 0 Å². The largest absolute Gasteiger partial charge is 0.343 e. The van der Waals surface area contributed by atoms with Gasteiger partial charge in [0.2, 0.25) is 5.91 Å². The SMILES string of the molecule is O=C(CC1CCNCC1)N1CCC(C2c3ccc(Cl)cc3CCc3cc(Br)cnc32)CC1. The molecule has 1 aliphatic carbocycles. The summed E-state index contributed by atoms with van der Waals surface area (Å²) in [4.78, 5) is 20.0. The van der Waals surface area contributed by atoms with Crippen LogP contribution in [-0.2, 0) is 17.6 Å². The molecule has 0 bridgehead atoms. The van der Waals surface area contributed by atoms with Crippen LogP contribution in [0.5, 0.6) is 0 Å². The lowest BCUT2D eigenvalue weighted by Gasteiger charge is -2.37. The normalized spacial score (nSPS) is 22.2. The molecule has 1 aromatic carbocycles. The van der Waals surface area contributed by atoms with Gasteiger partial charge in [-0.25, -0.2) is 0 Å². The average molecular weight is 517 g/mol. The van der Waals surface area contributed by atoms with E-state index in [0.717, 1.165) is 80.6 Å². The highest BCUT2D eigenvalue weighted by molar-refractivity contribution is 9.10. The standard InChI is InChI=1S/C26H31BrClN3O/c27-21-14-20-2-1-19-15-22(28)3-4-23(19)25(26(20)30-16-21)18-7-11-31(12-8-18)24(32)13-17-5-9-29-10-6-17/h3-4,14-18,25,29H,1-2,5-13H2. The number of hydrogen-bond acceptors (Lipinski definition) is 3. The van der Waals surface area contributed by atoms with Crippen molar-refractivity contribution in [3.63, 3.8) is 0 Å². The Morgan fingerprint density at radius 3 is 2.62 bits per heavy atom. The molecule has 2 aliphatic heterocycles. The van der Waals surface area contributed by atoms with E-state index in [4.69, 9.17) is 16.6 Å². The van der Waals surface area contributed by atoms with Crippen molar-refractivity contribution < 1.29 is 4.79 Å². The van der Waals surface area contributed by atoms with Crippen molar-refractivity contribution in [2.45, 2.75) is 50.9 Å². The van der Waals surface area contributed by atoms with Gasteiger partial charge in [0.25, 0.3) is 0 Å². The third-order valence-corrected chi connectivity index (χ3v) is 8.32. The molecule has 6 heteroatoms. The van der Waals surface area contributed by atoms with Crippen LogP contribution >= 0.6 is 27.5 Å². The number of piperidine rings is 2. The number of carbonyl (C=O) groups excluding carboxylic acids is 1. The number of halogens is 2. The molecule has 0 radical (unpaired) electrons. The molecule has 5 rings (SSSR count). The highest BCUT2D eigenvalue weighted by Gasteiger charge is 2.35. The first-order valence-electron chi connectivity index (χ1n) is 12.0. The lowest BCUT2D eigenvalue weighted by molar-refractivity contribution is -0.133. The van der Waals surface area contributed by atoms with E-state index in [9.17, 15) is 4.79 Å². The molecule has 3 aliphatic rings. The molecule has 0 saturated carbocycles. The predicted octanol–water partition coefficient (Wildman–Crippen LogP) is 5.36. The van der Waals surface area contributed by atoms with E-state index in [0.29, 0.717) is 17.7 Å². The Morgan fingerprint density at radius 2 is 1.84 bits per heavy atom. The maximum Gasteiger partial charge on any atom is 0.222 e. The Morgan fingerprint density at radius 1 is 1.09 bits per heavy atom. The summed E-state index contributed by atoms with van der Waals surface area (Å²) in [5, 5.41) is 4.20. The van der Waals surface area contributed by atoms with E-state index in [2.05, 4.69) is 44.3 Å². The highest BCUT2D eigenvalue weighted by atomic mass is 79.9. The molecule has 1 aromatic heterocycles.